The number of nitrogens with zero attached hydrogens (tertiary/aromatic N) is 2. The number of hydrogen-bond acceptors (Lipinski definition) is 4. The van der Waals surface area contributed by atoms with Crippen molar-refractivity contribution in [1.82, 2.24) is 4.90 Å². The van der Waals surface area contributed by atoms with Gasteiger partial charge in [-0.25, -0.2) is 4.39 Å². The van der Waals surface area contributed by atoms with Crippen molar-refractivity contribution in [3.63, 3.8) is 0 Å². The van der Waals surface area contributed by atoms with E-state index in [1.807, 2.05) is 25.9 Å². The van der Waals surface area contributed by atoms with Crippen molar-refractivity contribution in [3.05, 3.63) is 34.1 Å². The van der Waals surface area contributed by atoms with Crippen LogP contribution < -0.4 is 5.32 Å². The second kappa shape index (κ2) is 6.30. The van der Waals surface area contributed by atoms with Crippen LogP contribution in [0.4, 0.5) is 15.8 Å². The van der Waals surface area contributed by atoms with Gasteiger partial charge in [0.2, 0.25) is 0 Å². The minimum atomic E-state index is -0.609. The van der Waals surface area contributed by atoms with E-state index in [1.165, 1.54) is 12.1 Å². The van der Waals surface area contributed by atoms with Crippen molar-refractivity contribution in [3.8, 4) is 0 Å². The number of hydrogen-bond donors (Lipinski definition) is 1. The predicted octanol–water partition coefficient (Wildman–Crippen LogP) is 2.49. The molecule has 100 valence electrons. The molecular formula is C12H18FN3O2. The molecule has 1 aromatic carbocycles. The first-order valence-electron chi connectivity index (χ1n) is 5.75. The van der Waals surface area contributed by atoms with Gasteiger partial charge in [-0.1, -0.05) is 0 Å². The fourth-order valence-corrected chi connectivity index (χ4v) is 1.52. The van der Waals surface area contributed by atoms with E-state index in [1.54, 1.807) is 0 Å². The number of nitro benzene ring substituents is 1. The quantitative estimate of drug-likeness (QED) is 0.626. The molecule has 5 nitrogen and oxygen atoms in total. The van der Waals surface area contributed by atoms with Crippen LogP contribution in [0.25, 0.3) is 0 Å². The first-order valence-corrected chi connectivity index (χ1v) is 5.75. The monoisotopic (exact) mass is 255 g/mol. The number of rotatable bonds is 6. The minimum Gasteiger partial charge on any atom is -0.380 e. The second-order valence-electron chi connectivity index (χ2n) is 4.56. The second-order valence-corrected chi connectivity index (χ2v) is 4.56. The van der Waals surface area contributed by atoms with Gasteiger partial charge in [-0.15, -0.1) is 0 Å². The zero-order valence-electron chi connectivity index (χ0n) is 10.8. The summed E-state index contributed by atoms with van der Waals surface area (Å²) in [5.74, 6) is -0.596. The molecule has 0 aliphatic carbocycles. The van der Waals surface area contributed by atoms with Crippen molar-refractivity contribution < 1.29 is 9.31 Å². The topological polar surface area (TPSA) is 58.4 Å². The van der Waals surface area contributed by atoms with E-state index in [-0.39, 0.29) is 11.7 Å². The van der Waals surface area contributed by atoms with Crippen molar-refractivity contribution >= 4 is 11.4 Å². The van der Waals surface area contributed by atoms with Gasteiger partial charge in [-0.3, -0.25) is 10.1 Å². The summed E-state index contributed by atoms with van der Waals surface area (Å²) in [6.45, 7) is 2.84. The third-order valence-electron chi connectivity index (χ3n) is 2.57. The summed E-state index contributed by atoms with van der Waals surface area (Å²) >= 11 is 0. The molecule has 1 aromatic rings. The van der Waals surface area contributed by atoms with E-state index in [9.17, 15) is 14.5 Å². The van der Waals surface area contributed by atoms with Gasteiger partial charge in [-0.2, -0.15) is 0 Å². The van der Waals surface area contributed by atoms with Crippen LogP contribution in [0.3, 0.4) is 0 Å². The van der Waals surface area contributed by atoms with Gasteiger partial charge in [-0.05, 0) is 40.1 Å². The first-order chi connectivity index (χ1) is 8.40. The summed E-state index contributed by atoms with van der Waals surface area (Å²) < 4.78 is 13.6. The molecule has 0 radical (unpaired) electrons. The average molecular weight is 255 g/mol. The van der Waals surface area contributed by atoms with Crippen LogP contribution >= 0.6 is 0 Å². The molecule has 0 aliphatic rings. The van der Waals surface area contributed by atoms with Gasteiger partial charge in [0.15, 0.2) is 5.82 Å². The molecule has 0 aliphatic heterocycles. The number of anilines is 1. The highest BCUT2D eigenvalue weighted by molar-refractivity contribution is 5.50. The lowest BCUT2D eigenvalue weighted by molar-refractivity contribution is -0.385. The average Bonchev–Trinajstić information content (AvgIpc) is 2.29. The van der Waals surface area contributed by atoms with E-state index in [0.717, 1.165) is 19.0 Å². The highest BCUT2D eigenvalue weighted by Gasteiger charge is 2.12. The highest BCUT2D eigenvalue weighted by Crippen LogP contribution is 2.21. The van der Waals surface area contributed by atoms with Crippen molar-refractivity contribution in [2.75, 3.05) is 26.0 Å². The molecule has 0 saturated carbocycles. The normalized spacial score (nSPS) is 12.5. The Kier molecular flexibility index (Phi) is 5.03. The van der Waals surface area contributed by atoms with Crippen LogP contribution in [0.1, 0.15) is 13.3 Å². The van der Waals surface area contributed by atoms with E-state index in [0.29, 0.717) is 5.69 Å². The maximum absolute atomic E-state index is 13.6. The smallest absolute Gasteiger partial charge is 0.272 e. The lowest BCUT2D eigenvalue weighted by atomic mass is 10.2. The Morgan fingerprint density at radius 2 is 2.17 bits per heavy atom. The largest absolute Gasteiger partial charge is 0.380 e. The lowest BCUT2D eigenvalue weighted by Gasteiger charge is -2.18. The molecule has 18 heavy (non-hydrogen) atoms. The van der Waals surface area contributed by atoms with Crippen molar-refractivity contribution in [2.24, 2.45) is 0 Å². The Labute approximate surface area is 106 Å². The summed E-state index contributed by atoms with van der Waals surface area (Å²) in [5, 5.41) is 13.5. The summed E-state index contributed by atoms with van der Waals surface area (Å²) in [5.41, 5.74) is 0.0610. The zero-order valence-corrected chi connectivity index (χ0v) is 10.8. The lowest BCUT2D eigenvalue weighted by Crippen LogP contribution is -2.23. The van der Waals surface area contributed by atoms with Crippen LogP contribution in [-0.2, 0) is 0 Å². The number of non-ortho nitro benzene ring substituents is 1. The fraction of sp³-hybridized carbons (Fsp3) is 0.500. The molecule has 0 heterocycles. The van der Waals surface area contributed by atoms with E-state index in [2.05, 4.69) is 5.32 Å². The molecule has 0 saturated heterocycles. The summed E-state index contributed by atoms with van der Waals surface area (Å²) in [6, 6.07) is 3.73. The minimum absolute atomic E-state index is 0.100. The van der Waals surface area contributed by atoms with Gasteiger partial charge in [0, 0.05) is 12.1 Å². The van der Waals surface area contributed by atoms with Crippen molar-refractivity contribution in [2.45, 2.75) is 19.4 Å². The number of nitrogens with one attached hydrogen (secondary N) is 1. The molecule has 0 spiro atoms. The summed E-state index contributed by atoms with van der Waals surface area (Å²) in [4.78, 5) is 11.9. The molecule has 0 fully saturated rings. The molecule has 0 aromatic heterocycles. The van der Waals surface area contributed by atoms with Gasteiger partial charge in [0.25, 0.3) is 5.69 Å². The molecule has 1 rings (SSSR count). The van der Waals surface area contributed by atoms with E-state index < -0.39 is 10.7 Å². The Bertz CT molecular complexity index is 424. The molecular weight excluding hydrogens is 237 g/mol. The third kappa shape index (κ3) is 4.29. The van der Waals surface area contributed by atoms with Gasteiger partial charge in [0.05, 0.1) is 16.7 Å². The van der Waals surface area contributed by atoms with Gasteiger partial charge in [0.1, 0.15) is 0 Å². The predicted molar refractivity (Wildman–Crippen MR) is 69.3 cm³/mol. The summed E-state index contributed by atoms with van der Waals surface area (Å²) in [6.07, 6.45) is 0.865. The maximum Gasteiger partial charge on any atom is 0.272 e. The number of halogens is 1. The van der Waals surface area contributed by atoms with Crippen LogP contribution in [0.2, 0.25) is 0 Å². The molecule has 0 bridgehead atoms. The number of nitro groups is 1. The molecule has 1 unspecified atom stereocenters. The number of benzene rings is 1. The SMILES string of the molecule is CC(CCN(C)C)Nc1ccc([N+](=O)[O-])cc1F. The Hall–Kier alpha value is -1.69. The van der Waals surface area contributed by atoms with Crippen LogP contribution in [-0.4, -0.2) is 36.5 Å². The van der Waals surface area contributed by atoms with Crippen molar-refractivity contribution in [1.29, 1.82) is 0 Å². The highest BCUT2D eigenvalue weighted by atomic mass is 19.1. The van der Waals surface area contributed by atoms with Crippen LogP contribution in [0.15, 0.2) is 18.2 Å². The molecule has 1 N–H and O–H groups in total. The maximum atomic E-state index is 13.6. The standard InChI is InChI=1S/C12H18FN3O2/c1-9(6-7-15(2)3)14-12-5-4-10(16(17)18)8-11(12)13/h4-5,8-9,14H,6-7H2,1-3H3. The van der Waals surface area contributed by atoms with E-state index >= 15 is 0 Å². The molecule has 0 amide bonds. The van der Waals surface area contributed by atoms with Gasteiger partial charge < -0.3 is 10.2 Å². The Morgan fingerprint density at radius 3 is 2.67 bits per heavy atom. The van der Waals surface area contributed by atoms with Gasteiger partial charge >= 0.3 is 0 Å². The molecule has 1 atom stereocenters. The van der Waals surface area contributed by atoms with E-state index in [4.69, 9.17) is 0 Å². The fourth-order valence-electron chi connectivity index (χ4n) is 1.52. The zero-order chi connectivity index (χ0) is 13.7. The Morgan fingerprint density at radius 1 is 1.50 bits per heavy atom. The third-order valence-corrected chi connectivity index (χ3v) is 2.57. The molecule has 6 heteroatoms. The first kappa shape index (κ1) is 14.4. The van der Waals surface area contributed by atoms with Crippen LogP contribution in [0.5, 0.6) is 0 Å². The summed E-state index contributed by atoms with van der Waals surface area (Å²) in [7, 11) is 3.94. The van der Waals surface area contributed by atoms with Crippen LogP contribution in [0, 0.1) is 15.9 Å². The Balaban J connectivity index is 2.64.